The molecule has 0 spiro atoms. The molecule has 6 heteroatoms. The van der Waals surface area contributed by atoms with Crippen molar-refractivity contribution in [2.45, 2.75) is 32.7 Å². The van der Waals surface area contributed by atoms with Crippen LogP contribution in [0.25, 0.3) is 0 Å². The standard InChI is InChI=1S/C15H22FN3O2/c1-3-11(2)19-15(21)18-10-6-9-17-14(20)12-7-4-5-8-13(12)16/h4-5,7-8,11H,3,6,9-10H2,1-2H3,(H,17,20)(H2,18,19,21). The van der Waals surface area contributed by atoms with Crippen molar-refractivity contribution >= 4 is 11.9 Å². The van der Waals surface area contributed by atoms with E-state index in [-0.39, 0.29) is 17.6 Å². The third kappa shape index (κ3) is 6.25. The van der Waals surface area contributed by atoms with Crippen LogP contribution in [0.4, 0.5) is 9.18 Å². The minimum absolute atomic E-state index is 0.0278. The number of rotatable bonds is 7. The molecule has 21 heavy (non-hydrogen) atoms. The zero-order valence-corrected chi connectivity index (χ0v) is 12.4. The Morgan fingerprint density at radius 3 is 2.52 bits per heavy atom. The summed E-state index contributed by atoms with van der Waals surface area (Å²) in [6, 6.07) is 5.73. The predicted octanol–water partition coefficient (Wildman–Crippen LogP) is 2.04. The van der Waals surface area contributed by atoms with Crippen LogP contribution in [0.2, 0.25) is 0 Å². The van der Waals surface area contributed by atoms with Crippen LogP contribution in [0, 0.1) is 5.82 Å². The molecule has 0 saturated carbocycles. The number of benzene rings is 1. The van der Waals surface area contributed by atoms with Gasteiger partial charge in [0.25, 0.3) is 5.91 Å². The van der Waals surface area contributed by atoms with Crippen LogP contribution < -0.4 is 16.0 Å². The number of carbonyl (C=O) groups is 2. The first-order chi connectivity index (χ1) is 10.0. The lowest BCUT2D eigenvalue weighted by Gasteiger charge is -2.12. The van der Waals surface area contributed by atoms with Crippen molar-refractivity contribution in [2.24, 2.45) is 0 Å². The summed E-state index contributed by atoms with van der Waals surface area (Å²) < 4.78 is 13.4. The van der Waals surface area contributed by atoms with E-state index in [1.54, 1.807) is 6.07 Å². The topological polar surface area (TPSA) is 70.2 Å². The largest absolute Gasteiger partial charge is 0.352 e. The number of urea groups is 1. The zero-order chi connectivity index (χ0) is 15.7. The van der Waals surface area contributed by atoms with Crippen LogP contribution >= 0.6 is 0 Å². The maximum absolute atomic E-state index is 13.4. The number of hydrogen-bond acceptors (Lipinski definition) is 2. The van der Waals surface area contributed by atoms with E-state index in [1.165, 1.54) is 18.2 Å². The maximum atomic E-state index is 13.4. The second-order valence-corrected chi connectivity index (χ2v) is 4.80. The molecular weight excluding hydrogens is 273 g/mol. The number of hydrogen-bond donors (Lipinski definition) is 3. The molecule has 5 nitrogen and oxygen atoms in total. The van der Waals surface area contributed by atoms with E-state index < -0.39 is 11.7 Å². The monoisotopic (exact) mass is 295 g/mol. The molecule has 0 radical (unpaired) electrons. The summed E-state index contributed by atoms with van der Waals surface area (Å²) >= 11 is 0. The lowest BCUT2D eigenvalue weighted by atomic mass is 10.2. The highest BCUT2D eigenvalue weighted by Crippen LogP contribution is 2.05. The van der Waals surface area contributed by atoms with Gasteiger partial charge in [0.2, 0.25) is 0 Å². The van der Waals surface area contributed by atoms with Crippen molar-refractivity contribution in [1.29, 1.82) is 0 Å². The molecule has 1 aromatic carbocycles. The van der Waals surface area contributed by atoms with Crippen LogP contribution in [0.5, 0.6) is 0 Å². The average Bonchev–Trinajstić information content (AvgIpc) is 2.46. The zero-order valence-electron chi connectivity index (χ0n) is 12.4. The van der Waals surface area contributed by atoms with Gasteiger partial charge in [-0.2, -0.15) is 0 Å². The SMILES string of the molecule is CCC(C)NC(=O)NCCCNC(=O)c1ccccc1F. The van der Waals surface area contributed by atoms with E-state index in [9.17, 15) is 14.0 Å². The molecule has 0 aliphatic heterocycles. The first-order valence-corrected chi connectivity index (χ1v) is 7.11. The Hall–Kier alpha value is -2.11. The van der Waals surface area contributed by atoms with Gasteiger partial charge < -0.3 is 16.0 Å². The van der Waals surface area contributed by atoms with Crippen molar-refractivity contribution in [1.82, 2.24) is 16.0 Å². The van der Waals surface area contributed by atoms with Crippen molar-refractivity contribution < 1.29 is 14.0 Å². The molecule has 1 unspecified atom stereocenters. The fourth-order valence-electron chi connectivity index (χ4n) is 1.61. The molecule has 3 N–H and O–H groups in total. The molecule has 1 rings (SSSR count). The molecule has 0 aliphatic rings. The summed E-state index contributed by atoms with van der Waals surface area (Å²) in [6.45, 7) is 4.73. The Labute approximate surface area is 124 Å². The van der Waals surface area contributed by atoms with Crippen molar-refractivity contribution in [3.05, 3.63) is 35.6 Å². The molecule has 1 aromatic rings. The van der Waals surface area contributed by atoms with E-state index in [1.807, 2.05) is 13.8 Å². The summed E-state index contributed by atoms with van der Waals surface area (Å²) in [6.07, 6.45) is 1.44. The fourth-order valence-corrected chi connectivity index (χ4v) is 1.61. The van der Waals surface area contributed by atoms with Gasteiger partial charge in [0.05, 0.1) is 5.56 Å². The van der Waals surface area contributed by atoms with Crippen LogP contribution in [0.15, 0.2) is 24.3 Å². The van der Waals surface area contributed by atoms with Crippen molar-refractivity contribution in [2.75, 3.05) is 13.1 Å². The molecule has 0 bridgehead atoms. The molecule has 0 aromatic heterocycles. The van der Waals surface area contributed by atoms with E-state index in [4.69, 9.17) is 0 Å². The second-order valence-electron chi connectivity index (χ2n) is 4.80. The molecule has 3 amide bonds. The molecule has 0 heterocycles. The lowest BCUT2D eigenvalue weighted by Crippen LogP contribution is -2.41. The van der Waals surface area contributed by atoms with Crippen molar-refractivity contribution in [3.63, 3.8) is 0 Å². The molecule has 1 atom stereocenters. The van der Waals surface area contributed by atoms with Gasteiger partial charge >= 0.3 is 6.03 Å². The summed E-state index contributed by atoms with van der Waals surface area (Å²) in [4.78, 5) is 23.1. The van der Waals surface area contributed by atoms with Gasteiger partial charge in [0.15, 0.2) is 0 Å². The summed E-state index contributed by atoms with van der Waals surface area (Å²) in [5.74, 6) is -0.988. The normalized spacial score (nSPS) is 11.6. The molecule has 116 valence electrons. The van der Waals surface area contributed by atoms with Crippen LogP contribution in [-0.2, 0) is 0 Å². The summed E-state index contributed by atoms with van der Waals surface area (Å²) in [5, 5.41) is 8.09. The van der Waals surface area contributed by atoms with E-state index in [0.29, 0.717) is 19.5 Å². The molecule has 0 aliphatic carbocycles. The fraction of sp³-hybridized carbons (Fsp3) is 0.467. The first kappa shape index (κ1) is 16.9. The maximum Gasteiger partial charge on any atom is 0.314 e. The van der Waals surface area contributed by atoms with E-state index in [0.717, 1.165) is 6.42 Å². The van der Waals surface area contributed by atoms with Crippen LogP contribution in [0.1, 0.15) is 37.0 Å². The van der Waals surface area contributed by atoms with Gasteiger partial charge in [-0.15, -0.1) is 0 Å². The number of carbonyl (C=O) groups excluding carboxylic acids is 2. The van der Waals surface area contributed by atoms with Gasteiger partial charge in [0.1, 0.15) is 5.82 Å². The summed E-state index contributed by atoms with van der Waals surface area (Å²) in [5.41, 5.74) is 0.0278. The van der Waals surface area contributed by atoms with Crippen molar-refractivity contribution in [3.8, 4) is 0 Å². The average molecular weight is 295 g/mol. The van der Waals surface area contributed by atoms with Gasteiger partial charge in [-0.05, 0) is 31.9 Å². The Bertz CT molecular complexity index is 480. The first-order valence-electron chi connectivity index (χ1n) is 7.11. The number of nitrogens with one attached hydrogen (secondary N) is 3. The minimum atomic E-state index is -0.541. The van der Waals surface area contributed by atoms with E-state index >= 15 is 0 Å². The van der Waals surface area contributed by atoms with E-state index in [2.05, 4.69) is 16.0 Å². The molecule has 0 fully saturated rings. The Balaban J connectivity index is 2.19. The molecule has 0 saturated heterocycles. The Morgan fingerprint density at radius 2 is 1.86 bits per heavy atom. The third-order valence-electron chi connectivity index (χ3n) is 3.03. The smallest absolute Gasteiger partial charge is 0.314 e. The van der Waals surface area contributed by atoms with Gasteiger partial charge in [-0.1, -0.05) is 19.1 Å². The minimum Gasteiger partial charge on any atom is -0.352 e. The number of amides is 3. The highest BCUT2D eigenvalue weighted by molar-refractivity contribution is 5.94. The highest BCUT2D eigenvalue weighted by Gasteiger charge is 2.09. The Morgan fingerprint density at radius 1 is 1.19 bits per heavy atom. The third-order valence-corrected chi connectivity index (χ3v) is 3.03. The number of halogens is 1. The lowest BCUT2D eigenvalue weighted by molar-refractivity contribution is 0.0949. The molecular formula is C15H22FN3O2. The quantitative estimate of drug-likeness (QED) is 0.674. The second kappa shape index (κ2) is 8.94. The Kier molecular flexibility index (Phi) is 7.21. The van der Waals surface area contributed by atoms with Crippen LogP contribution in [0.3, 0.4) is 0 Å². The summed E-state index contributed by atoms with van der Waals surface area (Å²) in [7, 11) is 0. The van der Waals surface area contributed by atoms with Gasteiger partial charge in [-0.25, -0.2) is 9.18 Å². The van der Waals surface area contributed by atoms with Gasteiger partial charge in [-0.3, -0.25) is 4.79 Å². The predicted molar refractivity (Wildman–Crippen MR) is 79.6 cm³/mol. The highest BCUT2D eigenvalue weighted by atomic mass is 19.1. The van der Waals surface area contributed by atoms with Crippen LogP contribution in [-0.4, -0.2) is 31.1 Å². The van der Waals surface area contributed by atoms with Gasteiger partial charge in [0, 0.05) is 19.1 Å².